The second kappa shape index (κ2) is 18.1. The third kappa shape index (κ3) is 13.4. The smallest absolute Gasteiger partial charge is 0.0132 e. The van der Waals surface area contributed by atoms with E-state index in [4.69, 9.17) is 0 Å². The lowest BCUT2D eigenvalue weighted by molar-refractivity contribution is 0.568. The zero-order chi connectivity index (χ0) is 48.4. The van der Waals surface area contributed by atoms with Gasteiger partial charge >= 0.3 is 0 Å². The van der Waals surface area contributed by atoms with Crippen LogP contribution < -0.4 is 21.2 Å². The monoisotopic (exact) mass is 889 g/mol. The Kier molecular flexibility index (Phi) is 15.3. The standard InChI is InChI=1S/C61H94P2/c1-40(62(50-32-42(54(3,4)5)28-43(33-50)55(6,7)8)51-34-44(56(9,10)11)29-45(35-51)57(12,13)14)27-41(2)63(52-36-46(58(15,16)17)30-47(37-52)59(18,19)20)53-38-48(60(21,22)23)31-49(39-53)61(24,25)26/h28-41H,27H2,1-26H3. The predicted molar refractivity (Wildman–Crippen MR) is 291 cm³/mol. The molecule has 0 aromatic heterocycles. The molecule has 0 aliphatic carbocycles. The second-order valence-corrected chi connectivity index (χ2v) is 33.1. The van der Waals surface area contributed by atoms with Gasteiger partial charge in [0.1, 0.15) is 0 Å². The molecule has 4 aromatic carbocycles. The van der Waals surface area contributed by atoms with Crippen LogP contribution in [0.4, 0.5) is 0 Å². The summed E-state index contributed by atoms with van der Waals surface area (Å²) in [6.07, 6.45) is 1.14. The molecule has 0 bridgehead atoms. The van der Waals surface area contributed by atoms with Crippen LogP contribution in [0.3, 0.4) is 0 Å². The SMILES string of the molecule is CC(CC(C)P(c1cc(C(C)(C)C)cc(C(C)(C)C)c1)c1cc(C(C)(C)C)cc(C(C)(C)C)c1)P(c1cc(C(C)(C)C)cc(C(C)(C)C)c1)c1cc(C(C)(C)C)cc(C(C)(C)C)c1. The molecule has 0 amide bonds. The largest absolute Gasteiger partial charge is 0.0579 e. The lowest BCUT2D eigenvalue weighted by Crippen LogP contribution is -2.31. The molecule has 0 radical (unpaired) electrons. The molecule has 348 valence electrons. The van der Waals surface area contributed by atoms with E-state index in [-0.39, 0.29) is 43.3 Å². The molecule has 0 spiro atoms. The third-order valence-corrected chi connectivity index (χ3v) is 18.7. The van der Waals surface area contributed by atoms with Gasteiger partial charge < -0.3 is 0 Å². The quantitative estimate of drug-likeness (QED) is 0.155. The van der Waals surface area contributed by atoms with Gasteiger partial charge in [-0.05, 0) is 143 Å². The van der Waals surface area contributed by atoms with Crippen molar-refractivity contribution in [2.75, 3.05) is 0 Å². The van der Waals surface area contributed by atoms with Crippen molar-refractivity contribution in [1.29, 1.82) is 0 Å². The van der Waals surface area contributed by atoms with Gasteiger partial charge in [0.15, 0.2) is 0 Å². The Balaban J connectivity index is 2.14. The molecule has 0 N–H and O–H groups in total. The zero-order valence-corrected chi connectivity index (χ0v) is 47.5. The summed E-state index contributed by atoms with van der Waals surface area (Å²) in [5, 5.41) is 6.14. The predicted octanol–water partition coefficient (Wildman–Crippen LogP) is 16.8. The van der Waals surface area contributed by atoms with Crippen LogP contribution in [0, 0.1) is 0 Å². The molecule has 2 unspecified atom stereocenters. The fraction of sp³-hybridized carbons (Fsp3) is 0.607. The summed E-state index contributed by atoms with van der Waals surface area (Å²) in [4.78, 5) is 0. The summed E-state index contributed by atoms with van der Waals surface area (Å²) >= 11 is 0. The number of hydrogen-bond acceptors (Lipinski definition) is 0. The van der Waals surface area contributed by atoms with Crippen LogP contribution in [0.5, 0.6) is 0 Å². The molecule has 2 atom stereocenters. The molecule has 0 fully saturated rings. The minimum absolute atomic E-state index is 0.0390. The van der Waals surface area contributed by atoms with E-state index in [1.165, 1.54) is 65.7 Å². The molecule has 0 aliphatic heterocycles. The van der Waals surface area contributed by atoms with Gasteiger partial charge in [-0.2, -0.15) is 0 Å². The fourth-order valence-electron chi connectivity index (χ4n) is 8.49. The van der Waals surface area contributed by atoms with E-state index < -0.39 is 15.8 Å². The lowest BCUT2D eigenvalue weighted by Gasteiger charge is -2.36. The molecule has 0 saturated heterocycles. The minimum atomic E-state index is -0.749. The Morgan fingerprint density at radius 3 is 0.492 bits per heavy atom. The van der Waals surface area contributed by atoms with Crippen molar-refractivity contribution in [3.8, 4) is 0 Å². The first-order valence-electron chi connectivity index (χ1n) is 24.3. The highest BCUT2D eigenvalue weighted by molar-refractivity contribution is 7.74. The molecule has 63 heavy (non-hydrogen) atoms. The van der Waals surface area contributed by atoms with Crippen molar-refractivity contribution in [3.63, 3.8) is 0 Å². The average molecular weight is 889 g/mol. The highest BCUT2D eigenvalue weighted by Crippen LogP contribution is 2.51. The van der Waals surface area contributed by atoms with E-state index in [1.54, 1.807) is 0 Å². The first-order chi connectivity index (χ1) is 28.1. The molecule has 4 rings (SSSR count). The van der Waals surface area contributed by atoms with E-state index >= 15 is 0 Å². The van der Waals surface area contributed by atoms with E-state index in [0.717, 1.165) is 6.42 Å². The van der Waals surface area contributed by atoms with Crippen molar-refractivity contribution in [2.24, 2.45) is 0 Å². The Bertz CT molecular complexity index is 1770. The van der Waals surface area contributed by atoms with Crippen LogP contribution in [-0.4, -0.2) is 11.3 Å². The molecule has 0 saturated carbocycles. The number of hydrogen-bond donors (Lipinski definition) is 0. The maximum atomic E-state index is 2.62. The molecular weight excluding hydrogens is 795 g/mol. The average Bonchev–Trinajstić information content (AvgIpc) is 3.08. The van der Waals surface area contributed by atoms with Crippen LogP contribution in [0.25, 0.3) is 0 Å². The Hall–Kier alpha value is -2.26. The van der Waals surface area contributed by atoms with E-state index in [0.29, 0.717) is 11.3 Å². The molecule has 0 nitrogen and oxygen atoms in total. The number of benzene rings is 4. The van der Waals surface area contributed by atoms with E-state index in [1.807, 2.05) is 0 Å². The normalized spacial score (nSPS) is 15.0. The minimum Gasteiger partial charge on any atom is -0.0579 e. The summed E-state index contributed by atoms with van der Waals surface area (Å²) in [7, 11) is -1.50. The fourth-order valence-corrected chi connectivity index (χ4v) is 14.6. The highest BCUT2D eigenvalue weighted by atomic mass is 31.1. The van der Waals surface area contributed by atoms with Gasteiger partial charge in [-0.25, -0.2) is 0 Å². The Morgan fingerprint density at radius 1 is 0.254 bits per heavy atom. The molecule has 2 heteroatoms. The second-order valence-electron chi connectivity index (χ2n) is 27.7. The van der Waals surface area contributed by atoms with Gasteiger partial charge in [-0.1, -0.05) is 253 Å². The van der Waals surface area contributed by atoms with Crippen molar-refractivity contribution >= 4 is 37.1 Å². The molecule has 0 aliphatic rings. The van der Waals surface area contributed by atoms with E-state index in [9.17, 15) is 0 Å². The Morgan fingerprint density at radius 2 is 0.381 bits per heavy atom. The molecular formula is C61H94P2. The topological polar surface area (TPSA) is 0 Å². The lowest BCUT2D eigenvalue weighted by atomic mass is 9.81. The summed E-state index contributed by atoms with van der Waals surface area (Å²) in [6, 6.07) is 31.0. The van der Waals surface area contributed by atoms with Gasteiger partial charge in [-0.3, -0.25) is 0 Å². The van der Waals surface area contributed by atoms with Gasteiger partial charge in [0.2, 0.25) is 0 Å². The Labute approximate surface area is 393 Å². The van der Waals surface area contributed by atoms with Crippen molar-refractivity contribution in [2.45, 2.75) is 241 Å². The molecule has 4 aromatic rings. The van der Waals surface area contributed by atoms with Crippen LogP contribution >= 0.6 is 15.8 Å². The summed E-state index contributed by atoms with van der Waals surface area (Å²) in [6.45, 7) is 62.7. The van der Waals surface area contributed by atoms with Crippen LogP contribution in [0.2, 0.25) is 0 Å². The van der Waals surface area contributed by atoms with Crippen molar-refractivity contribution < 1.29 is 0 Å². The zero-order valence-electron chi connectivity index (χ0n) is 45.7. The van der Waals surface area contributed by atoms with Gasteiger partial charge in [0.25, 0.3) is 0 Å². The molecule has 0 heterocycles. The van der Waals surface area contributed by atoms with Crippen molar-refractivity contribution in [3.05, 3.63) is 117 Å². The van der Waals surface area contributed by atoms with Crippen molar-refractivity contribution in [1.82, 2.24) is 0 Å². The highest BCUT2D eigenvalue weighted by Gasteiger charge is 2.34. The maximum Gasteiger partial charge on any atom is -0.0132 e. The maximum absolute atomic E-state index is 2.62. The van der Waals surface area contributed by atoms with E-state index in [2.05, 4.69) is 253 Å². The van der Waals surface area contributed by atoms with Gasteiger partial charge in [-0.15, -0.1) is 0 Å². The summed E-state index contributed by atoms with van der Waals surface area (Å²) in [5.41, 5.74) is 12.8. The van der Waals surface area contributed by atoms with Gasteiger partial charge in [0.05, 0.1) is 0 Å². The number of rotatable bonds is 8. The van der Waals surface area contributed by atoms with Crippen LogP contribution in [-0.2, 0) is 43.3 Å². The first-order valence-corrected chi connectivity index (χ1v) is 27.1. The third-order valence-electron chi connectivity index (χ3n) is 13.3. The van der Waals surface area contributed by atoms with Crippen LogP contribution in [0.15, 0.2) is 72.8 Å². The van der Waals surface area contributed by atoms with Gasteiger partial charge in [0, 0.05) is 0 Å². The first kappa shape index (κ1) is 53.4. The summed E-state index contributed by atoms with van der Waals surface area (Å²) < 4.78 is 0. The summed E-state index contributed by atoms with van der Waals surface area (Å²) in [5.74, 6) is 0. The van der Waals surface area contributed by atoms with Crippen LogP contribution in [0.1, 0.15) is 231 Å².